The van der Waals surface area contributed by atoms with Gasteiger partial charge >= 0.3 is 5.97 Å². The molecule has 1 heterocycles. The molecule has 1 aliphatic rings. The van der Waals surface area contributed by atoms with Gasteiger partial charge in [-0.3, -0.25) is 4.79 Å². The van der Waals surface area contributed by atoms with E-state index in [0.29, 0.717) is 10.1 Å². The first-order chi connectivity index (χ1) is 10.5. The summed E-state index contributed by atoms with van der Waals surface area (Å²) in [6.07, 6.45) is 1.25. The molecule has 1 aromatic carbocycles. The Bertz CT molecular complexity index is 525. The molecule has 0 aliphatic carbocycles. The lowest BCUT2D eigenvalue weighted by Gasteiger charge is -2.21. The second-order valence-electron chi connectivity index (χ2n) is 5.58. The van der Waals surface area contributed by atoms with Crippen molar-refractivity contribution in [2.75, 3.05) is 11.5 Å². The van der Waals surface area contributed by atoms with E-state index in [1.807, 2.05) is 35.7 Å². The predicted molar refractivity (Wildman–Crippen MR) is 92.4 cm³/mol. The third-order valence-electron chi connectivity index (χ3n) is 3.49. The molecule has 1 saturated heterocycles. The quantitative estimate of drug-likeness (QED) is 0.861. The zero-order valence-electron chi connectivity index (χ0n) is 12.7. The van der Waals surface area contributed by atoms with E-state index < -0.39 is 12.0 Å². The fraction of sp³-hybridized carbons (Fsp3) is 0.500. The van der Waals surface area contributed by atoms with Gasteiger partial charge in [0.2, 0.25) is 0 Å². The molecular formula is C16H21NO3S2. The standard InChI is InChI=1S/C16H21NO3S2/c1-10(2)13(15(19)20)17-14(18)11-4-6-12(7-5-11)16-21-8-3-9-22-16/h4-7,10,13,16H,3,8-9H2,1-2H3,(H,17,18)(H,19,20)/t13-/m1/s1. The number of benzene rings is 1. The van der Waals surface area contributed by atoms with E-state index in [0.717, 1.165) is 0 Å². The lowest BCUT2D eigenvalue weighted by atomic mass is 10.0. The topological polar surface area (TPSA) is 66.4 Å². The van der Waals surface area contributed by atoms with E-state index in [1.54, 1.807) is 26.0 Å². The van der Waals surface area contributed by atoms with Crippen molar-refractivity contribution in [1.82, 2.24) is 5.32 Å². The molecule has 1 aromatic rings. The van der Waals surface area contributed by atoms with Crippen LogP contribution in [0.3, 0.4) is 0 Å². The molecule has 1 amide bonds. The molecule has 0 radical (unpaired) electrons. The smallest absolute Gasteiger partial charge is 0.326 e. The number of carbonyl (C=O) groups is 2. The molecule has 0 spiro atoms. The molecule has 0 unspecified atom stereocenters. The summed E-state index contributed by atoms with van der Waals surface area (Å²) < 4.78 is 0.438. The summed E-state index contributed by atoms with van der Waals surface area (Å²) in [5.41, 5.74) is 1.71. The number of hydrogen-bond donors (Lipinski definition) is 2. The summed E-state index contributed by atoms with van der Waals surface area (Å²) >= 11 is 3.87. The Balaban J connectivity index is 2.02. The van der Waals surface area contributed by atoms with Gasteiger partial charge in [0.1, 0.15) is 6.04 Å². The van der Waals surface area contributed by atoms with Crippen LogP contribution in [0, 0.1) is 5.92 Å². The summed E-state index contributed by atoms with van der Waals surface area (Å²) in [6.45, 7) is 3.55. The van der Waals surface area contributed by atoms with Gasteiger partial charge in [0, 0.05) is 5.56 Å². The van der Waals surface area contributed by atoms with Crippen molar-refractivity contribution in [1.29, 1.82) is 0 Å². The molecule has 1 atom stereocenters. The maximum Gasteiger partial charge on any atom is 0.326 e. The lowest BCUT2D eigenvalue weighted by Crippen LogP contribution is -2.44. The summed E-state index contributed by atoms with van der Waals surface area (Å²) in [7, 11) is 0. The summed E-state index contributed by atoms with van der Waals surface area (Å²) in [5, 5.41) is 11.7. The van der Waals surface area contributed by atoms with Crippen LogP contribution in [0.4, 0.5) is 0 Å². The number of carbonyl (C=O) groups excluding carboxylic acids is 1. The Morgan fingerprint density at radius 1 is 1.18 bits per heavy atom. The minimum atomic E-state index is -1.00. The van der Waals surface area contributed by atoms with Crippen LogP contribution in [-0.2, 0) is 4.79 Å². The van der Waals surface area contributed by atoms with Crippen LogP contribution >= 0.6 is 23.5 Å². The third kappa shape index (κ3) is 4.43. The number of nitrogens with one attached hydrogen (secondary N) is 1. The van der Waals surface area contributed by atoms with Crippen molar-refractivity contribution in [2.45, 2.75) is 30.9 Å². The second-order valence-corrected chi connectivity index (χ2v) is 8.31. The number of hydrogen-bond acceptors (Lipinski definition) is 4. The van der Waals surface area contributed by atoms with E-state index in [4.69, 9.17) is 5.11 Å². The van der Waals surface area contributed by atoms with Gasteiger partial charge in [-0.1, -0.05) is 26.0 Å². The van der Waals surface area contributed by atoms with Crippen molar-refractivity contribution in [3.05, 3.63) is 35.4 Å². The largest absolute Gasteiger partial charge is 0.480 e. The second kappa shape index (κ2) is 7.92. The number of rotatable bonds is 5. The number of carboxylic acids is 1. The maximum absolute atomic E-state index is 12.2. The zero-order valence-corrected chi connectivity index (χ0v) is 14.4. The van der Waals surface area contributed by atoms with Crippen molar-refractivity contribution < 1.29 is 14.7 Å². The van der Waals surface area contributed by atoms with E-state index in [1.165, 1.54) is 23.5 Å². The van der Waals surface area contributed by atoms with E-state index in [2.05, 4.69) is 5.32 Å². The molecule has 0 aromatic heterocycles. The Hall–Kier alpha value is -1.14. The highest BCUT2D eigenvalue weighted by Crippen LogP contribution is 2.43. The highest BCUT2D eigenvalue weighted by molar-refractivity contribution is 8.16. The average Bonchev–Trinajstić information content (AvgIpc) is 2.52. The molecule has 6 heteroatoms. The molecule has 2 rings (SSSR count). The van der Waals surface area contributed by atoms with E-state index >= 15 is 0 Å². The molecule has 1 fully saturated rings. The van der Waals surface area contributed by atoms with Crippen molar-refractivity contribution in [3.8, 4) is 0 Å². The van der Waals surface area contributed by atoms with Crippen LogP contribution in [-0.4, -0.2) is 34.5 Å². The van der Waals surface area contributed by atoms with Crippen molar-refractivity contribution in [2.24, 2.45) is 5.92 Å². The molecule has 0 bridgehead atoms. The van der Waals surface area contributed by atoms with Crippen molar-refractivity contribution >= 4 is 35.4 Å². The van der Waals surface area contributed by atoms with Crippen LogP contribution in [0.5, 0.6) is 0 Å². The fourth-order valence-electron chi connectivity index (χ4n) is 2.21. The fourth-order valence-corrected chi connectivity index (χ4v) is 5.10. The van der Waals surface area contributed by atoms with Crippen LogP contribution in [0.25, 0.3) is 0 Å². The minimum absolute atomic E-state index is 0.157. The molecule has 22 heavy (non-hydrogen) atoms. The first-order valence-electron chi connectivity index (χ1n) is 7.36. The maximum atomic E-state index is 12.2. The number of aliphatic carboxylic acids is 1. The zero-order chi connectivity index (χ0) is 16.1. The predicted octanol–water partition coefficient (Wildman–Crippen LogP) is 3.39. The Labute approximate surface area is 139 Å². The van der Waals surface area contributed by atoms with Gasteiger partial charge in [0.15, 0.2) is 0 Å². The molecule has 0 saturated carbocycles. The highest BCUT2D eigenvalue weighted by atomic mass is 32.2. The van der Waals surface area contributed by atoms with Gasteiger partial charge in [-0.25, -0.2) is 4.79 Å². The van der Waals surface area contributed by atoms with Crippen LogP contribution in [0.1, 0.15) is 40.8 Å². The van der Waals surface area contributed by atoms with Gasteiger partial charge < -0.3 is 10.4 Å². The normalized spacial score (nSPS) is 17.2. The molecule has 4 nitrogen and oxygen atoms in total. The number of amides is 1. The van der Waals surface area contributed by atoms with Gasteiger partial charge in [-0.15, -0.1) is 23.5 Å². The van der Waals surface area contributed by atoms with Gasteiger partial charge in [-0.2, -0.15) is 0 Å². The molecule has 120 valence electrons. The van der Waals surface area contributed by atoms with Crippen LogP contribution < -0.4 is 5.32 Å². The lowest BCUT2D eigenvalue weighted by molar-refractivity contribution is -0.140. The van der Waals surface area contributed by atoms with Gasteiger partial charge in [0.25, 0.3) is 5.91 Å². The van der Waals surface area contributed by atoms with E-state index in [-0.39, 0.29) is 11.8 Å². The SMILES string of the molecule is CC(C)[C@@H](NC(=O)c1ccc(C2SCCCS2)cc1)C(=O)O. The van der Waals surface area contributed by atoms with Crippen LogP contribution in [0.2, 0.25) is 0 Å². The van der Waals surface area contributed by atoms with Crippen molar-refractivity contribution in [3.63, 3.8) is 0 Å². The average molecular weight is 339 g/mol. The Morgan fingerprint density at radius 2 is 1.77 bits per heavy atom. The molecule has 2 N–H and O–H groups in total. The minimum Gasteiger partial charge on any atom is -0.480 e. The number of carboxylic acid groups (broad SMARTS) is 1. The summed E-state index contributed by atoms with van der Waals surface area (Å²) in [5.74, 6) is 0.853. The molecular weight excluding hydrogens is 318 g/mol. The van der Waals surface area contributed by atoms with Gasteiger partial charge in [-0.05, 0) is 41.5 Å². The number of thioether (sulfide) groups is 2. The highest BCUT2D eigenvalue weighted by Gasteiger charge is 2.24. The first-order valence-corrected chi connectivity index (χ1v) is 9.45. The summed E-state index contributed by atoms with van der Waals surface area (Å²) in [6, 6.07) is 6.63. The summed E-state index contributed by atoms with van der Waals surface area (Å²) in [4.78, 5) is 23.3. The monoisotopic (exact) mass is 339 g/mol. The molecule has 1 aliphatic heterocycles. The van der Waals surface area contributed by atoms with Crippen LogP contribution in [0.15, 0.2) is 24.3 Å². The first kappa shape index (κ1) is 17.2. The third-order valence-corrected chi connectivity index (χ3v) is 6.51. The Kier molecular flexibility index (Phi) is 6.20. The van der Waals surface area contributed by atoms with Gasteiger partial charge in [0.05, 0.1) is 4.58 Å². The Morgan fingerprint density at radius 3 is 2.27 bits per heavy atom. The van der Waals surface area contributed by atoms with E-state index in [9.17, 15) is 9.59 Å².